The molecule has 0 saturated carbocycles. The first kappa shape index (κ1) is 12.5. The van der Waals surface area contributed by atoms with Gasteiger partial charge in [-0.3, -0.25) is 4.79 Å². The van der Waals surface area contributed by atoms with E-state index in [-0.39, 0.29) is 11.1 Å². The molecule has 0 fully saturated rings. The lowest BCUT2D eigenvalue weighted by Crippen LogP contribution is -2.04. The van der Waals surface area contributed by atoms with Crippen LogP contribution in [-0.4, -0.2) is 10.8 Å². The fourth-order valence-corrected chi connectivity index (χ4v) is 2.25. The maximum absolute atomic E-state index is 14.0. The third-order valence-electron chi connectivity index (χ3n) is 3.32. The van der Waals surface area contributed by atoms with Crippen LogP contribution < -0.4 is 0 Å². The molecule has 0 aliphatic carbocycles. The number of carbonyl (C=O) groups is 1. The highest BCUT2D eigenvalue weighted by molar-refractivity contribution is 6.16. The molecule has 0 atom stereocenters. The van der Waals surface area contributed by atoms with Crippen molar-refractivity contribution in [3.63, 3.8) is 0 Å². The number of hydrogen-bond acceptors (Lipinski definition) is 1. The molecular weight excluding hydrogens is 260 g/mol. The van der Waals surface area contributed by atoms with Gasteiger partial charge in [-0.25, -0.2) is 8.78 Å². The Morgan fingerprint density at radius 1 is 1.10 bits per heavy atom. The van der Waals surface area contributed by atoms with Gasteiger partial charge in [-0.1, -0.05) is 12.1 Å². The van der Waals surface area contributed by atoms with Crippen LogP contribution in [-0.2, 0) is 0 Å². The molecule has 0 aliphatic rings. The normalized spacial score (nSPS) is 10.9. The quantitative estimate of drug-likeness (QED) is 0.702. The number of H-pyrrole nitrogens is 1. The average molecular weight is 271 g/mol. The zero-order chi connectivity index (χ0) is 14.3. The molecule has 0 unspecified atom stereocenters. The number of aromatic amines is 1. The molecule has 3 rings (SSSR count). The molecule has 1 heterocycles. The van der Waals surface area contributed by atoms with Crippen LogP contribution in [0, 0.1) is 18.6 Å². The number of carbonyl (C=O) groups excluding carboxylic acids is 1. The van der Waals surface area contributed by atoms with Gasteiger partial charge in [-0.15, -0.1) is 0 Å². The number of hydrogen-bond donors (Lipinski definition) is 1. The number of aryl methyl sites for hydroxylation is 1. The maximum atomic E-state index is 14.0. The van der Waals surface area contributed by atoms with E-state index in [0.717, 1.165) is 0 Å². The zero-order valence-corrected chi connectivity index (χ0v) is 10.7. The van der Waals surface area contributed by atoms with Crippen molar-refractivity contribution < 1.29 is 13.6 Å². The highest BCUT2D eigenvalue weighted by Gasteiger charge is 2.18. The summed E-state index contributed by atoms with van der Waals surface area (Å²) < 4.78 is 27.3. The van der Waals surface area contributed by atoms with Crippen molar-refractivity contribution in [2.45, 2.75) is 6.92 Å². The Labute approximate surface area is 114 Å². The fraction of sp³-hybridized carbons (Fsp3) is 0.0625. The Balaban J connectivity index is 2.18. The molecule has 4 heteroatoms. The van der Waals surface area contributed by atoms with Crippen LogP contribution in [0.2, 0.25) is 0 Å². The summed E-state index contributed by atoms with van der Waals surface area (Å²) in [5.41, 5.74) is 1.31. The Morgan fingerprint density at radius 3 is 2.70 bits per heavy atom. The second kappa shape index (κ2) is 4.56. The van der Waals surface area contributed by atoms with Crippen molar-refractivity contribution in [2.75, 3.05) is 0 Å². The van der Waals surface area contributed by atoms with Crippen LogP contribution in [0.1, 0.15) is 21.5 Å². The van der Waals surface area contributed by atoms with Crippen LogP contribution in [0.15, 0.2) is 42.6 Å². The minimum atomic E-state index is -0.539. The average Bonchev–Trinajstić information content (AvgIpc) is 2.84. The zero-order valence-electron chi connectivity index (χ0n) is 10.7. The van der Waals surface area contributed by atoms with Crippen LogP contribution in [0.3, 0.4) is 0 Å². The minimum absolute atomic E-state index is 0.00448. The number of halogens is 2. The lowest BCUT2D eigenvalue weighted by molar-refractivity contribution is 0.103. The van der Waals surface area contributed by atoms with E-state index < -0.39 is 17.4 Å². The van der Waals surface area contributed by atoms with Gasteiger partial charge in [0.05, 0.1) is 5.56 Å². The maximum Gasteiger partial charge on any atom is 0.198 e. The van der Waals surface area contributed by atoms with Gasteiger partial charge in [0, 0.05) is 22.7 Å². The first-order valence-electron chi connectivity index (χ1n) is 6.14. The molecule has 0 bridgehead atoms. The largest absolute Gasteiger partial charge is 0.360 e. The van der Waals surface area contributed by atoms with E-state index in [4.69, 9.17) is 0 Å². The van der Waals surface area contributed by atoms with Crippen molar-refractivity contribution in [2.24, 2.45) is 0 Å². The summed E-state index contributed by atoms with van der Waals surface area (Å²) in [6, 6.07) is 8.78. The van der Waals surface area contributed by atoms with E-state index in [2.05, 4.69) is 4.98 Å². The summed E-state index contributed by atoms with van der Waals surface area (Å²) in [5, 5.41) is 0.455. The topological polar surface area (TPSA) is 32.9 Å². The van der Waals surface area contributed by atoms with Crippen LogP contribution >= 0.6 is 0 Å². The SMILES string of the molecule is Cc1cccc(C(=O)c2c[nH]c3ccc(F)cc23)c1F. The second-order valence-corrected chi connectivity index (χ2v) is 4.66. The summed E-state index contributed by atoms with van der Waals surface area (Å²) >= 11 is 0. The highest BCUT2D eigenvalue weighted by Crippen LogP contribution is 2.24. The Hall–Kier alpha value is -2.49. The minimum Gasteiger partial charge on any atom is -0.360 e. The van der Waals surface area contributed by atoms with Gasteiger partial charge in [0.25, 0.3) is 0 Å². The summed E-state index contributed by atoms with van der Waals surface area (Å²) in [6.45, 7) is 1.60. The molecule has 0 amide bonds. The van der Waals surface area contributed by atoms with Gasteiger partial charge in [-0.05, 0) is 36.8 Å². The monoisotopic (exact) mass is 271 g/mol. The number of rotatable bonds is 2. The second-order valence-electron chi connectivity index (χ2n) is 4.66. The standard InChI is InChI=1S/C16H11F2NO/c1-9-3-2-4-11(15(9)18)16(20)13-8-19-14-6-5-10(17)7-12(13)14/h2-8,19H,1H3. The van der Waals surface area contributed by atoms with Crippen LogP contribution in [0.5, 0.6) is 0 Å². The van der Waals surface area contributed by atoms with Gasteiger partial charge >= 0.3 is 0 Å². The lowest BCUT2D eigenvalue weighted by atomic mass is 10.0. The molecule has 20 heavy (non-hydrogen) atoms. The fourth-order valence-electron chi connectivity index (χ4n) is 2.25. The molecule has 0 radical (unpaired) electrons. The van der Waals surface area contributed by atoms with Crippen molar-refractivity contribution in [1.29, 1.82) is 0 Å². The van der Waals surface area contributed by atoms with Crippen molar-refractivity contribution >= 4 is 16.7 Å². The van der Waals surface area contributed by atoms with Gasteiger partial charge in [-0.2, -0.15) is 0 Å². The molecule has 0 saturated heterocycles. The van der Waals surface area contributed by atoms with E-state index >= 15 is 0 Å². The third-order valence-corrected chi connectivity index (χ3v) is 3.32. The van der Waals surface area contributed by atoms with Crippen molar-refractivity contribution in [3.05, 3.63) is 70.9 Å². The van der Waals surface area contributed by atoms with Gasteiger partial charge < -0.3 is 4.98 Å². The van der Waals surface area contributed by atoms with E-state index in [1.807, 2.05) is 0 Å². The molecule has 100 valence electrons. The summed E-state index contributed by atoms with van der Waals surface area (Å²) in [7, 11) is 0. The van der Waals surface area contributed by atoms with E-state index in [9.17, 15) is 13.6 Å². The first-order chi connectivity index (χ1) is 9.58. The third kappa shape index (κ3) is 1.90. The highest BCUT2D eigenvalue weighted by atomic mass is 19.1. The lowest BCUT2D eigenvalue weighted by Gasteiger charge is -2.04. The van der Waals surface area contributed by atoms with E-state index in [0.29, 0.717) is 16.5 Å². The Kier molecular flexibility index (Phi) is 2.86. The van der Waals surface area contributed by atoms with E-state index in [1.54, 1.807) is 25.1 Å². The number of benzene rings is 2. The molecule has 3 aromatic rings. The molecule has 1 N–H and O–H groups in total. The Bertz CT molecular complexity index is 820. The molecule has 1 aromatic heterocycles. The first-order valence-corrected chi connectivity index (χ1v) is 6.14. The van der Waals surface area contributed by atoms with Gasteiger partial charge in [0.1, 0.15) is 11.6 Å². The smallest absolute Gasteiger partial charge is 0.198 e. The molecule has 0 aliphatic heterocycles. The van der Waals surface area contributed by atoms with Crippen molar-refractivity contribution in [1.82, 2.24) is 4.98 Å². The molecule has 2 nitrogen and oxygen atoms in total. The number of ketones is 1. The van der Waals surface area contributed by atoms with E-state index in [1.165, 1.54) is 24.4 Å². The van der Waals surface area contributed by atoms with Crippen molar-refractivity contribution in [3.8, 4) is 0 Å². The summed E-state index contributed by atoms with van der Waals surface area (Å²) in [4.78, 5) is 15.3. The van der Waals surface area contributed by atoms with Gasteiger partial charge in [0.15, 0.2) is 5.78 Å². The molecule has 0 spiro atoms. The molecular formula is C16H11F2NO. The summed E-state index contributed by atoms with van der Waals surface area (Å²) in [5.74, 6) is -1.43. The number of nitrogens with one attached hydrogen (secondary N) is 1. The summed E-state index contributed by atoms with van der Waals surface area (Å²) in [6.07, 6.45) is 1.48. The van der Waals surface area contributed by atoms with Crippen LogP contribution in [0.25, 0.3) is 10.9 Å². The number of fused-ring (bicyclic) bond motifs is 1. The predicted octanol–water partition coefficient (Wildman–Crippen LogP) is 3.99. The van der Waals surface area contributed by atoms with Gasteiger partial charge in [0.2, 0.25) is 0 Å². The number of aromatic nitrogens is 1. The molecule has 2 aromatic carbocycles. The predicted molar refractivity (Wildman–Crippen MR) is 72.8 cm³/mol. The van der Waals surface area contributed by atoms with Crippen LogP contribution in [0.4, 0.5) is 8.78 Å². The Morgan fingerprint density at radius 2 is 1.90 bits per heavy atom.